The van der Waals surface area contributed by atoms with E-state index in [1.165, 1.54) is 5.56 Å². The fourth-order valence-corrected chi connectivity index (χ4v) is 2.58. The third-order valence-electron chi connectivity index (χ3n) is 3.88. The normalized spacial score (nSPS) is 10.2. The summed E-state index contributed by atoms with van der Waals surface area (Å²) in [6.45, 7) is 2.87. The average molecular weight is 340 g/mol. The third-order valence-corrected chi connectivity index (χ3v) is 3.88. The van der Waals surface area contributed by atoms with Gasteiger partial charge in [0.1, 0.15) is 0 Å². The molecule has 0 atom stereocenters. The molecule has 0 saturated heterocycles. The van der Waals surface area contributed by atoms with Gasteiger partial charge >= 0.3 is 6.03 Å². The van der Waals surface area contributed by atoms with Crippen LogP contribution in [0.3, 0.4) is 0 Å². The lowest BCUT2D eigenvalue weighted by Gasteiger charge is -2.16. The molecule has 0 saturated carbocycles. The first-order valence-corrected chi connectivity index (χ1v) is 8.04. The van der Waals surface area contributed by atoms with E-state index >= 15 is 0 Å². The summed E-state index contributed by atoms with van der Waals surface area (Å²) in [6, 6.07) is 12.6. The highest BCUT2D eigenvalue weighted by Gasteiger charge is 2.07. The molecule has 0 radical (unpaired) electrons. The van der Waals surface area contributed by atoms with Gasteiger partial charge in [-0.25, -0.2) is 4.79 Å². The number of carbonyl (C=O) groups is 2. The first kappa shape index (κ1) is 18.3. The highest BCUT2D eigenvalue weighted by molar-refractivity contribution is 5.94. The minimum atomic E-state index is -0.572. The monoisotopic (exact) mass is 340 g/mol. The minimum Gasteiger partial charge on any atom is -0.377 e. The molecule has 4 N–H and O–H groups in total. The van der Waals surface area contributed by atoms with Gasteiger partial charge in [0.15, 0.2) is 0 Å². The second kappa shape index (κ2) is 8.19. The number of nitrogens with zero attached hydrogens (tertiary/aromatic N) is 1. The number of urea groups is 1. The molecule has 25 heavy (non-hydrogen) atoms. The summed E-state index contributed by atoms with van der Waals surface area (Å²) in [7, 11) is 4.01. The molecular formula is C19H24N4O2. The van der Waals surface area contributed by atoms with Crippen LogP contribution in [0.15, 0.2) is 42.5 Å². The van der Waals surface area contributed by atoms with Crippen LogP contribution in [0.1, 0.15) is 27.0 Å². The van der Waals surface area contributed by atoms with Crippen LogP contribution < -0.4 is 21.3 Å². The van der Waals surface area contributed by atoms with Crippen LogP contribution in [0.5, 0.6) is 0 Å². The molecule has 0 aromatic heterocycles. The van der Waals surface area contributed by atoms with E-state index in [1.807, 2.05) is 20.2 Å². The second-order valence-electron chi connectivity index (χ2n) is 6.11. The molecule has 0 aliphatic heterocycles. The molecule has 6 nitrogen and oxygen atoms in total. The lowest BCUT2D eigenvalue weighted by Crippen LogP contribution is -2.28. The molecule has 6 heteroatoms. The maximum atomic E-state index is 12.2. The van der Waals surface area contributed by atoms with Gasteiger partial charge in [0.2, 0.25) is 0 Å². The van der Waals surface area contributed by atoms with E-state index in [-0.39, 0.29) is 5.91 Å². The number of benzene rings is 2. The number of nitrogens with one attached hydrogen (secondary N) is 2. The summed E-state index contributed by atoms with van der Waals surface area (Å²) >= 11 is 0. The first-order valence-electron chi connectivity index (χ1n) is 8.04. The zero-order valence-electron chi connectivity index (χ0n) is 14.8. The second-order valence-corrected chi connectivity index (χ2v) is 6.11. The summed E-state index contributed by atoms with van der Waals surface area (Å²) in [5, 5.41) is 5.43. The Bertz CT molecular complexity index is 755. The van der Waals surface area contributed by atoms with Gasteiger partial charge in [0.05, 0.1) is 0 Å². The Balaban J connectivity index is 1.93. The topological polar surface area (TPSA) is 87.5 Å². The number of aryl methyl sites for hydroxylation is 1. The molecule has 2 rings (SSSR count). The summed E-state index contributed by atoms with van der Waals surface area (Å²) in [5.74, 6) is -0.135. The Morgan fingerprint density at radius 3 is 2.12 bits per heavy atom. The molecule has 0 aliphatic carbocycles. The Morgan fingerprint density at radius 2 is 1.56 bits per heavy atom. The molecule has 132 valence electrons. The van der Waals surface area contributed by atoms with Crippen molar-refractivity contribution in [1.82, 2.24) is 10.6 Å². The molecular weight excluding hydrogens is 316 g/mol. The Labute approximate surface area is 148 Å². The van der Waals surface area contributed by atoms with Crippen molar-refractivity contribution in [3.8, 4) is 0 Å². The van der Waals surface area contributed by atoms with E-state index < -0.39 is 6.03 Å². The van der Waals surface area contributed by atoms with Gasteiger partial charge < -0.3 is 21.3 Å². The van der Waals surface area contributed by atoms with Crippen molar-refractivity contribution in [3.05, 3.63) is 64.7 Å². The Kier molecular flexibility index (Phi) is 6.00. The van der Waals surface area contributed by atoms with Gasteiger partial charge in [-0.1, -0.05) is 24.3 Å². The Morgan fingerprint density at radius 1 is 0.960 bits per heavy atom. The standard InChI is InChI=1S/C19H24N4O2/c1-13-10-15(6-9-17(13)23(2)3)12-21-18(24)16-7-4-14(5-8-16)11-22-19(20)25/h4-10H,11-12H2,1-3H3,(H,21,24)(H3,20,22,25). The number of carbonyl (C=O) groups excluding carboxylic acids is 2. The largest absolute Gasteiger partial charge is 0.377 e. The first-order chi connectivity index (χ1) is 11.9. The number of hydrogen-bond acceptors (Lipinski definition) is 3. The summed E-state index contributed by atoms with van der Waals surface area (Å²) in [5.41, 5.74) is 9.87. The van der Waals surface area contributed by atoms with E-state index in [4.69, 9.17) is 5.73 Å². The summed E-state index contributed by atoms with van der Waals surface area (Å²) in [6.07, 6.45) is 0. The van der Waals surface area contributed by atoms with Gasteiger partial charge in [-0.15, -0.1) is 0 Å². The van der Waals surface area contributed by atoms with E-state index in [0.717, 1.165) is 16.8 Å². The summed E-state index contributed by atoms with van der Waals surface area (Å²) in [4.78, 5) is 25.0. The highest BCUT2D eigenvalue weighted by Crippen LogP contribution is 2.19. The molecule has 0 spiro atoms. The fraction of sp³-hybridized carbons (Fsp3) is 0.263. The molecule has 0 bridgehead atoms. The minimum absolute atomic E-state index is 0.135. The number of primary amides is 1. The van der Waals surface area contributed by atoms with Gasteiger partial charge in [-0.05, 0) is 41.8 Å². The maximum Gasteiger partial charge on any atom is 0.312 e. The number of nitrogens with two attached hydrogens (primary N) is 1. The zero-order valence-corrected chi connectivity index (χ0v) is 14.8. The zero-order chi connectivity index (χ0) is 18.4. The number of hydrogen-bond donors (Lipinski definition) is 3. The molecule has 0 unspecified atom stereocenters. The van der Waals surface area contributed by atoms with Crippen LogP contribution in [-0.2, 0) is 13.1 Å². The van der Waals surface area contributed by atoms with Crippen molar-refractivity contribution in [2.45, 2.75) is 20.0 Å². The molecule has 0 aliphatic rings. The SMILES string of the molecule is Cc1cc(CNC(=O)c2ccc(CNC(N)=O)cc2)ccc1N(C)C. The molecule has 3 amide bonds. The van der Waals surface area contributed by atoms with E-state index in [0.29, 0.717) is 18.7 Å². The quantitative estimate of drug-likeness (QED) is 0.753. The maximum absolute atomic E-state index is 12.2. The molecule has 2 aromatic rings. The van der Waals surface area contributed by atoms with E-state index in [1.54, 1.807) is 24.3 Å². The smallest absolute Gasteiger partial charge is 0.312 e. The van der Waals surface area contributed by atoms with Crippen LogP contribution in [0.25, 0.3) is 0 Å². The number of rotatable bonds is 6. The highest BCUT2D eigenvalue weighted by atomic mass is 16.2. The van der Waals surface area contributed by atoms with Gasteiger partial charge in [-0.3, -0.25) is 4.79 Å². The lowest BCUT2D eigenvalue weighted by molar-refractivity contribution is 0.0951. The molecule has 0 heterocycles. The Hall–Kier alpha value is -3.02. The van der Waals surface area contributed by atoms with Crippen molar-refractivity contribution in [2.24, 2.45) is 5.73 Å². The van der Waals surface area contributed by atoms with Crippen molar-refractivity contribution in [2.75, 3.05) is 19.0 Å². The van der Waals surface area contributed by atoms with Crippen LogP contribution in [0.2, 0.25) is 0 Å². The van der Waals surface area contributed by atoms with Crippen LogP contribution >= 0.6 is 0 Å². The van der Waals surface area contributed by atoms with Gasteiger partial charge in [0.25, 0.3) is 5.91 Å². The number of amides is 3. The predicted molar refractivity (Wildman–Crippen MR) is 99.5 cm³/mol. The fourth-order valence-electron chi connectivity index (χ4n) is 2.58. The lowest BCUT2D eigenvalue weighted by atomic mass is 10.1. The molecule has 2 aromatic carbocycles. The van der Waals surface area contributed by atoms with E-state index in [9.17, 15) is 9.59 Å². The van der Waals surface area contributed by atoms with Crippen molar-refractivity contribution >= 4 is 17.6 Å². The summed E-state index contributed by atoms with van der Waals surface area (Å²) < 4.78 is 0. The third kappa shape index (κ3) is 5.24. The van der Waals surface area contributed by atoms with Gasteiger partial charge in [-0.2, -0.15) is 0 Å². The van der Waals surface area contributed by atoms with Crippen LogP contribution in [-0.4, -0.2) is 26.0 Å². The van der Waals surface area contributed by atoms with Crippen molar-refractivity contribution < 1.29 is 9.59 Å². The average Bonchev–Trinajstić information content (AvgIpc) is 2.58. The van der Waals surface area contributed by atoms with Crippen molar-refractivity contribution in [3.63, 3.8) is 0 Å². The number of anilines is 1. The van der Waals surface area contributed by atoms with Crippen LogP contribution in [0, 0.1) is 6.92 Å². The molecule has 0 fully saturated rings. The van der Waals surface area contributed by atoms with Crippen molar-refractivity contribution in [1.29, 1.82) is 0 Å². The predicted octanol–water partition coefficient (Wildman–Crippen LogP) is 2.16. The van der Waals surface area contributed by atoms with E-state index in [2.05, 4.69) is 34.6 Å². The van der Waals surface area contributed by atoms with Crippen LogP contribution in [0.4, 0.5) is 10.5 Å². The van der Waals surface area contributed by atoms with Gasteiger partial charge in [0, 0.05) is 38.4 Å².